The van der Waals surface area contributed by atoms with Gasteiger partial charge in [-0.1, -0.05) is 12.3 Å². The van der Waals surface area contributed by atoms with Gasteiger partial charge in [0.1, 0.15) is 0 Å². The van der Waals surface area contributed by atoms with Gasteiger partial charge >= 0.3 is 0 Å². The molecule has 0 amide bonds. The van der Waals surface area contributed by atoms with Gasteiger partial charge in [-0.05, 0) is 37.7 Å². The van der Waals surface area contributed by atoms with Crippen LogP contribution in [0.15, 0.2) is 0 Å². The molecule has 1 unspecified atom stereocenters. The van der Waals surface area contributed by atoms with Crippen LogP contribution in [0.1, 0.15) is 17.0 Å². The first-order chi connectivity index (χ1) is 6.00. The van der Waals surface area contributed by atoms with Crippen LogP contribution in [0.3, 0.4) is 0 Å². The summed E-state index contributed by atoms with van der Waals surface area (Å²) in [5.41, 5.74) is 9.69. The molecule has 0 spiro atoms. The fraction of sp³-hybridized carbons (Fsp3) is 0.556. The summed E-state index contributed by atoms with van der Waals surface area (Å²) in [5.74, 6) is 0. The quantitative estimate of drug-likeness (QED) is 0.603. The Hall–Kier alpha value is -0.630. The molecule has 1 aromatic rings. The Morgan fingerprint density at radius 3 is 2.00 bits per heavy atom. The van der Waals surface area contributed by atoms with E-state index < -0.39 is 6.98 Å². The summed E-state index contributed by atoms with van der Waals surface area (Å²) < 4.78 is 2.38. The summed E-state index contributed by atoms with van der Waals surface area (Å²) in [4.78, 5) is 0. The lowest BCUT2D eigenvalue weighted by Crippen LogP contribution is -2.68. The molecular formula is C9H19B2N2. The number of rotatable bonds is 2. The maximum Gasteiger partial charge on any atom is 0.287 e. The van der Waals surface area contributed by atoms with Crippen molar-refractivity contribution in [3.8, 4) is 0 Å². The van der Waals surface area contributed by atoms with Gasteiger partial charge in [-0.25, -0.2) is 0 Å². The second-order valence-electron chi connectivity index (χ2n) is 3.97. The van der Waals surface area contributed by atoms with Gasteiger partial charge in [-0.3, -0.25) is 0 Å². The third kappa shape index (κ3) is 1.55. The highest BCUT2D eigenvalue weighted by Crippen LogP contribution is 2.10. The van der Waals surface area contributed by atoms with Gasteiger partial charge in [-0.15, -0.1) is 6.82 Å². The van der Waals surface area contributed by atoms with Crippen molar-refractivity contribution in [2.75, 3.05) is 0 Å². The van der Waals surface area contributed by atoms with Gasteiger partial charge in [0.15, 0.2) is 7.28 Å². The minimum absolute atomic E-state index is 0.464. The largest absolute Gasteiger partial charge is 0.531 e. The molecule has 0 aromatic carbocycles. The van der Waals surface area contributed by atoms with Gasteiger partial charge in [0.05, 0.1) is 0 Å². The number of quaternary nitrogens is 1. The molecule has 4 heteroatoms. The molecule has 1 atom stereocenters. The summed E-state index contributed by atoms with van der Waals surface area (Å²) in [6.07, 6.45) is 0. The minimum Gasteiger partial charge on any atom is -0.531 e. The van der Waals surface area contributed by atoms with Gasteiger partial charge in [-0.2, -0.15) is 0 Å². The molecule has 2 nitrogen and oxygen atoms in total. The molecule has 1 rings (SSSR count). The summed E-state index contributed by atoms with van der Waals surface area (Å²) in [7, 11) is 2.19. The normalized spacial score (nSPS) is 13.1. The lowest BCUT2D eigenvalue weighted by molar-refractivity contribution is -0.196. The average molecular weight is 177 g/mol. The zero-order chi connectivity index (χ0) is 10.2. The highest BCUT2D eigenvalue weighted by molar-refractivity contribution is 6.54. The third-order valence-corrected chi connectivity index (χ3v) is 2.97. The standard InChI is InChI=1S/C9H19B2N2/c1-6-7(2)13(11(5)12)8(3)9(6)10-4/h11H,1-5,12H3. The van der Waals surface area contributed by atoms with Gasteiger partial charge in [0.2, 0.25) is 0 Å². The zero-order valence-electron chi connectivity index (χ0n) is 9.44. The molecule has 1 heterocycles. The number of nitrogens with zero attached hydrogens (tertiary/aromatic N) is 1. The Bertz CT molecular complexity index is 316. The van der Waals surface area contributed by atoms with Crippen molar-refractivity contribution in [3.63, 3.8) is 0 Å². The first-order valence-electron chi connectivity index (χ1n) is 5.09. The van der Waals surface area contributed by atoms with Crippen molar-refractivity contribution >= 4 is 19.7 Å². The van der Waals surface area contributed by atoms with Crippen LogP contribution in [-0.4, -0.2) is 18.7 Å². The molecule has 0 aliphatic heterocycles. The topological polar surface area (TPSA) is 32.6 Å². The molecule has 0 aliphatic rings. The van der Waals surface area contributed by atoms with Crippen molar-refractivity contribution in [1.29, 1.82) is 0 Å². The Kier molecular flexibility index (Phi) is 2.91. The van der Waals surface area contributed by atoms with Gasteiger partial charge in [0.25, 0.3) is 6.98 Å². The fourth-order valence-electron chi connectivity index (χ4n) is 2.30. The van der Waals surface area contributed by atoms with Crippen molar-refractivity contribution in [2.45, 2.75) is 34.4 Å². The predicted octanol–water partition coefficient (Wildman–Crippen LogP) is -0.269. The SMILES string of the molecule is C[B]c1c(C)c(C)n([BH-](C)[NH3+])c1C. The van der Waals surface area contributed by atoms with Crippen LogP contribution in [0.5, 0.6) is 0 Å². The van der Waals surface area contributed by atoms with Crippen molar-refractivity contribution in [1.82, 2.24) is 4.48 Å². The lowest BCUT2D eigenvalue weighted by atomic mass is 9.71. The number of hydrogen-bond acceptors (Lipinski definition) is 0. The molecule has 0 aliphatic carbocycles. The van der Waals surface area contributed by atoms with Gasteiger partial charge in [0, 0.05) is 0 Å². The summed E-state index contributed by atoms with van der Waals surface area (Å²) in [5, 5.41) is 0. The van der Waals surface area contributed by atoms with E-state index in [0.29, 0.717) is 0 Å². The number of hydrogen-bond donors (Lipinski definition) is 1. The Morgan fingerprint density at radius 2 is 1.77 bits per heavy atom. The third-order valence-electron chi connectivity index (χ3n) is 2.97. The van der Waals surface area contributed by atoms with E-state index in [9.17, 15) is 0 Å². The summed E-state index contributed by atoms with van der Waals surface area (Å²) in [6.45, 7) is 10.4. The van der Waals surface area contributed by atoms with Crippen LogP contribution in [-0.2, 0) is 0 Å². The zero-order valence-corrected chi connectivity index (χ0v) is 9.44. The Labute approximate surface area is 81.9 Å². The Balaban J connectivity index is 3.36. The lowest BCUT2D eigenvalue weighted by Gasteiger charge is -2.16. The number of aromatic nitrogens is 1. The van der Waals surface area contributed by atoms with Crippen LogP contribution >= 0.6 is 0 Å². The molecule has 13 heavy (non-hydrogen) atoms. The van der Waals surface area contributed by atoms with E-state index in [4.69, 9.17) is 0 Å². The molecular weight excluding hydrogens is 158 g/mol. The molecule has 3 N–H and O–H groups in total. The molecule has 0 saturated heterocycles. The van der Waals surface area contributed by atoms with E-state index >= 15 is 0 Å². The first kappa shape index (κ1) is 10.5. The van der Waals surface area contributed by atoms with Crippen LogP contribution in [0.25, 0.3) is 0 Å². The maximum atomic E-state index is 4.15. The fourth-order valence-corrected chi connectivity index (χ4v) is 2.30. The summed E-state index contributed by atoms with van der Waals surface area (Å²) in [6, 6.07) is 0. The van der Waals surface area contributed by atoms with Crippen LogP contribution in [0.2, 0.25) is 13.6 Å². The molecule has 0 bridgehead atoms. The average Bonchev–Trinajstić information content (AvgIpc) is 2.24. The maximum absolute atomic E-state index is 4.15. The van der Waals surface area contributed by atoms with Crippen molar-refractivity contribution < 1.29 is 5.64 Å². The van der Waals surface area contributed by atoms with Crippen molar-refractivity contribution in [2.24, 2.45) is 0 Å². The molecule has 1 aromatic heterocycles. The monoisotopic (exact) mass is 177 g/mol. The van der Waals surface area contributed by atoms with Crippen molar-refractivity contribution in [3.05, 3.63) is 17.0 Å². The molecule has 1 radical (unpaired) electrons. The van der Waals surface area contributed by atoms with E-state index in [2.05, 4.69) is 51.8 Å². The minimum atomic E-state index is -0.464. The molecule has 0 saturated carbocycles. The van der Waals surface area contributed by atoms with Crippen LogP contribution in [0.4, 0.5) is 0 Å². The van der Waals surface area contributed by atoms with E-state index in [0.717, 1.165) is 0 Å². The second kappa shape index (κ2) is 3.62. The van der Waals surface area contributed by atoms with Crippen LogP contribution < -0.4 is 11.1 Å². The van der Waals surface area contributed by atoms with Gasteiger partial charge < -0.3 is 10.1 Å². The highest BCUT2D eigenvalue weighted by atomic mass is 15.0. The molecule has 71 valence electrons. The smallest absolute Gasteiger partial charge is 0.287 e. The van der Waals surface area contributed by atoms with E-state index in [-0.39, 0.29) is 0 Å². The van der Waals surface area contributed by atoms with Crippen LogP contribution in [0, 0.1) is 20.8 Å². The highest BCUT2D eigenvalue weighted by Gasteiger charge is 2.13. The van der Waals surface area contributed by atoms with E-state index in [1.165, 1.54) is 22.4 Å². The molecule has 0 fully saturated rings. The second-order valence-corrected chi connectivity index (χ2v) is 3.97. The van der Waals surface area contributed by atoms with E-state index in [1.807, 2.05) is 0 Å². The Morgan fingerprint density at radius 1 is 1.23 bits per heavy atom. The summed E-state index contributed by atoms with van der Waals surface area (Å²) >= 11 is 0. The predicted molar refractivity (Wildman–Crippen MR) is 61.2 cm³/mol. The van der Waals surface area contributed by atoms with E-state index in [1.54, 1.807) is 0 Å². The first-order valence-corrected chi connectivity index (χ1v) is 5.09.